The molecule has 0 aromatic carbocycles. The van der Waals surface area contributed by atoms with E-state index >= 15 is 0 Å². The molecule has 0 saturated heterocycles. The number of nitrogen functional groups attached to an aromatic ring is 1. The van der Waals surface area contributed by atoms with Crippen molar-refractivity contribution >= 4 is 11.8 Å². The Morgan fingerprint density at radius 2 is 2.00 bits per heavy atom. The van der Waals surface area contributed by atoms with Crippen molar-refractivity contribution in [3.63, 3.8) is 0 Å². The first-order valence-corrected chi connectivity index (χ1v) is 6.35. The molecule has 0 amide bonds. The molecule has 0 aliphatic rings. The fraction of sp³-hybridized carbons (Fsp3) is 0.357. The molecule has 0 aliphatic carbocycles. The summed E-state index contributed by atoms with van der Waals surface area (Å²) in [6.07, 6.45) is 1.81. The predicted octanol–water partition coefficient (Wildman–Crippen LogP) is 2.00. The van der Waals surface area contributed by atoms with Crippen LogP contribution >= 0.6 is 0 Å². The molecule has 2 aromatic heterocycles. The zero-order chi connectivity index (χ0) is 14.7. The van der Waals surface area contributed by atoms with Crippen molar-refractivity contribution in [1.82, 2.24) is 15.0 Å². The summed E-state index contributed by atoms with van der Waals surface area (Å²) >= 11 is 0. The van der Waals surface area contributed by atoms with E-state index in [0.717, 1.165) is 28.3 Å². The van der Waals surface area contributed by atoms with Crippen LogP contribution in [0.1, 0.15) is 22.5 Å². The highest BCUT2D eigenvalue weighted by molar-refractivity contribution is 5.44. The molecule has 6 heteroatoms. The average molecular weight is 273 g/mol. The zero-order valence-electron chi connectivity index (χ0n) is 12.2. The van der Waals surface area contributed by atoms with Crippen molar-refractivity contribution in [3.8, 4) is 5.75 Å². The molecule has 6 nitrogen and oxygen atoms in total. The van der Waals surface area contributed by atoms with Gasteiger partial charge in [0, 0.05) is 29.1 Å². The second kappa shape index (κ2) is 5.73. The third-order valence-electron chi connectivity index (χ3n) is 3.06. The standard InChI is InChI=1S/C14H19N5O/c1-8-6-16-11(10(3)13(8)20-4)7-17-12-5-9(2)18-14(15)19-12/h5-6H,7H2,1-4H3,(H3,15,17,18,19). The lowest BCUT2D eigenvalue weighted by molar-refractivity contribution is 0.407. The highest BCUT2D eigenvalue weighted by atomic mass is 16.5. The average Bonchev–Trinajstić information content (AvgIpc) is 2.37. The molecule has 0 bridgehead atoms. The second-order valence-electron chi connectivity index (χ2n) is 4.65. The SMILES string of the molecule is COc1c(C)cnc(CNc2cc(C)nc(N)n2)c1C. The molecular formula is C14H19N5O. The van der Waals surface area contributed by atoms with Crippen LogP contribution in [0.4, 0.5) is 11.8 Å². The molecule has 2 heterocycles. The summed E-state index contributed by atoms with van der Waals surface area (Å²) in [5, 5.41) is 3.21. The van der Waals surface area contributed by atoms with Crippen molar-refractivity contribution in [2.75, 3.05) is 18.2 Å². The largest absolute Gasteiger partial charge is 0.496 e. The maximum absolute atomic E-state index is 5.63. The minimum absolute atomic E-state index is 0.263. The predicted molar refractivity (Wildman–Crippen MR) is 78.8 cm³/mol. The number of hydrogen-bond donors (Lipinski definition) is 2. The number of aryl methyl sites for hydroxylation is 2. The van der Waals surface area contributed by atoms with Gasteiger partial charge in [-0.1, -0.05) is 0 Å². The molecule has 0 spiro atoms. The number of nitrogens with zero attached hydrogens (tertiary/aromatic N) is 3. The summed E-state index contributed by atoms with van der Waals surface area (Å²) in [6, 6.07) is 1.84. The van der Waals surface area contributed by atoms with E-state index in [4.69, 9.17) is 10.5 Å². The van der Waals surface area contributed by atoms with Gasteiger partial charge in [0.05, 0.1) is 19.3 Å². The monoisotopic (exact) mass is 273 g/mol. The number of ether oxygens (including phenoxy) is 1. The van der Waals surface area contributed by atoms with E-state index in [1.807, 2.05) is 33.0 Å². The summed E-state index contributed by atoms with van der Waals surface area (Å²) in [5.74, 6) is 1.82. The first kappa shape index (κ1) is 14.0. The lowest BCUT2D eigenvalue weighted by Gasteiger charge is -2.13. The maximum atomic E-state index is 5.63. The fourth-order valence-electron chi connectivity index (χ4n) is 2.11. The van der Waals surface area contributed by atoms with Gasteiger partial charge in [0.25, 0.3) is 0 Å². The van der Waals surface area contributed by atoms with Gasteiger partial charge in [0.1, 0.15) is 11.6 Å². The summed E-state index contributed by atoms with van der Waals surface area (Å²) < 4.78 is 5.39. The minimum Gasteiger partial charge on any atom is -0.496 e. The number of methoxy groups -OCH3 is 1. The van der Waals surface area contributed by atoms with Gasteiger partial charge in [-0.2, -0.15) is 4.98 Å². The van der Waals surface area contributed by atoms with Crippen LogP contribution in [-0.2, 0) is 6.54 Å². The Balaban J connectivity index is 2.19. The Morgan fingerprint density at radius 3 is 2.65 bits per heavy atom. The number of nitrogens with two attached hydrogens (primary N) is 1. The molecule has 106 valence electrons. The van der Waals surface area contributed by atoms with Crippen LogP contribution in [0.2, 0.25) is 0 Å². The van der Waals surface area contributed by atoms with Gasteiger partial charge in [-0.05, 0) is 20.8 Å². The quantitative estimate of drug-likeness (QED) is 0.886. The Hall–Kier alpha value is -2.37. The van der Waals surface area contributed by atoms with Crippen molar-refractivity contribution in [2.24, 2.45) is 0 Å². The summed E-state index contributed by atoms with van der Waals surface area (Å²) in [4.78, 5) is 12.6. The van der Waals surface area contributed by atoms with Crippen molar-refractivity contribution < 1.29 is 4.74 Å². The van der Waals surface area contributed by atoms with E-state index in [-0.39, 0.29) is 5.95 Å². The molecular weight excluding hydrogens is 254 g/mol. The van der Waals surface area contributed by atoms with Crippen LogP contribution in [0.5, 0.6) is 5.75 Å². The number of hydrogen-bond acceptors (Lipinski definition) is 6. The van der Waals surface area contributed by atoms with E-state index in [0.29, 0.717) is 12.4 Å². The maximum Gasteiger partial charge on any atom is 0.222 e. The first-order chi connectivity index (χ1) is 9.51. The van der Waals surface area contributed by atoms with Crippen LogP contribution in [0.25, 0.3) is 0 Å². The number of aromatic nitrogens is 3. The molecule has 2 aromatic rings. The number of anilines is 2. The highest BCUT2D eigenvalue weighted by Gasteiger charge is 2.09. The summed E-state index contributed by atoms with van der Waals surface area (Å²) in [5.41, 5.74) is 9.42. The zero-order valence-corrected chi connectivity index (χ0v) is 12.2. The smallest absolute Gasteiger partial charge is 0.222 e. The number of nitrogens with one attached hydrogen (secondary N) is 1. The Kier molecular flexibility index (Phi) is 4.02. The normalized spacial score (nSPS) is 10.4. The molecule has 0 fully saturated rings. The van der Waals surface area contributed by atoms with Crippen molar-refractivity contribution in [3.05, 3.63) is 34.8 Å². The third-order valence-corrected chi connectivity index (χ3v) is 3.06. The third kappa shape index (κ3) is 2.96. The van der Waals surface area contributed by atoms with E-state index < -0.39 is 0 Å². The van der Waals surface area contributed by atoms with E-state index in [1.54, 1.807) is 7.11 Å². The van der Waals surface area contributed by atoms with Gasteiger partial charge in [-0.25, -0.2) is 4.98 Å². The van der Waals surface area contributed by atoms with Crippen LogP contribution in [-0.4, -0.2) is 22.1 Å². The van der Waals surface area contributed by atoms with Crippen LogP contribution in [0.15, 0.2) is 12.3 Å². The van der Waals surface area contributed by atoms with Gasteiger partial charge < -0.3 is 15.8 Å². The molecule has 3 N–H and O–H groups in total. The van der Waals surface area contributed by atoms with Crippen molar-refractivity contribution in [1.29, 1.82) is 0 Å². The van der Waals surface area contributed by atoms with E-state index in [2.05, 4.69) is 20.3 Å². The lowest BCUT2D eigenvalue weighted by Crippen LogP contribution is -2.08. The van der Waals surface area contributed by atoms with Gasteiger partial charge >= 0.3 is 0 Å². The van der Waals surface area contributed by atoms with Gasteiger partial charge in [-0.15, -0.1) is 0 Å². The van der Waals surface area contributed by atoms with Crippen LogP contribution in [0, 0.1) is 20.8 Å². The first-order valence-electron chi connectivity index (χ1n) is 6.35. The molecule has 0 unspecified atom stereocenters. The van der Waals surface area contributed by atoms with Crippen LogP contribution < -0.4 is 15.8 Å². The van der Waals surface area contributed by atoms with E-state index in [1.165, 1.54) is 0 Å². The molecule has 0 saturated carbocycles. The second-order valence-corrected chi connectivity index (χ2v) is 4.65. The number of rotatable bonds is 4. The number of pyridine rings is 1. The van der Waals surface area contributed by atoms with E-state index in [9.17, 15) is 0 Å². The van der Waals surface area contributed by atoms with Gasteiger partial charge in [0.15, 0.2) is 0 Å². The highest BCUT2D eigenvalue weighted by Crippen LogP contribution is 2.24. The minimum atomic E-state index is 0.263. The molecule has 20 heavy (non-hydrogen) atoms. The molecule has 0 radical (unpaired) electrons. The molecule has 0 atom stereocenters. The van der Waals surface area contributed by atoms with Crippen molar-refractivity contribution in [2.45, 2.75) is 27.3 Å². The lowest BCUT2D eigenvalue weighted by atomic mass is 10.1. The van der Waals surface area contributed by atoms with Gasteiger partial charge in [0.2, 0.25) is 5.95 Å². The Morgan fingerprint density at radius 1 is 1.25 bits per heavy atom. The summed E-state index contributed by atoms with van der Waals surface area (Å²) in [7, 11) is 1.67. The fourth-order valence-corrected chi connectivity index (χ4v) is 2.11. The van der Waals surface area contributed by atoms with Gasteiger partial charge in [-0.3, -0.25) is 4.98 Å². The Labute approximate surface area is 118 Å². The van der Waals surface area contributed by atoms with Crippen LogP contribution in [0.3, 0.4) is 0 Å². The molecule has 2 rings (SSSR count). The molecule has 0 aliphatic heterocycles. The summed E-state index contributed by atoms with van der Waals surface area (Å²) in [6.45, 7) is 6.40. The Bertz CT molecular complexity index is 607. The topological polar surface area (TPSA) is 86.0 Å².